The first-order valence-electron chi connectivity index (χ1n) is 4.37. The van der Waals surface area contributed by atoms with Crippen molar-refractivity contribution in [2.75, 3.05) is 5.32 Å². The van der Waals surface area contributed by atoms with E-state index >= 15 is 0 Å². The topological polar surface area (TPSA) is 75.4 Å². The molecule has 1 aromatic carbocycles. The van der Waals surface area contributed by atoms with Crippen molar-refractivity contribution in [3.05, 3.63) is 23.8 Å². The Balaban J connectivity index is 2.87. The second-order valence-corrected chi connectivity index (χ2v) is 3.25. The molecule has 0 fully saturated rings. The van der Waals surface area contributed by atoms with E-state index in [0.717, 1.165) is 0 Å². The first-order chi connectivity index (χ1) is 6.52. The number of phenols is 1. The van der Waals surface area contributed by atoms with Crippen LogP contribution in [0.15, 0.2) is 18.2 Å². The largest absolute Gasteiger partial charge is 0.505 e. The predicted molar refractivity (Wildman–Crippen MR) is 55.1 cm³/mol. The van der Waals surface area contributed by atoms with Crippen LogP contribution in [-0.4, -0.2) is 17.1 Å². The Morgan fingerprint density at radius 2 is 2.21 bits per heavy atom. The molecular formula is C10H14N2O2. The zero-order chi connectivity index (χ0) is 10.7. The van der Waals surface area contributed by atoms with Gasteiger partial charge in [-0.1, -0.05) is 12.1 Å². The molecule has 14 heavy (non-hydrogen) atoms. The van der Waals surface area contributed by atoms with Gasteiger partial charge in [0.1, 0.15) is 5.75 Å². The number of aromatic hydroxyl groups is 1. The van der Waals surface area contributed by atoms with Gasteiger partial charge in [0.25, 0.3) is 0 Å². The highest BCUT2D eigenvalue weighted by Gasteiger charge is 2.10. The number of nitrogens with two attached hydrogens (primary N) is 1. The van der Waals surface area contributed by atoms with E-state index in [9.17, 15) is 9.90 Å². The van der Waals surface area contributed by atoms with E-state index < -0.39 is 6.04 Å². The SMILES string of the molecule is Cc1cccc(NC(=O)[C@H](C)N)c1O. The van der Waals surface area contributed by atoms with Gasteiger partial charge in [0.2, 0.25) is 5.91 Å². The van der Waals surface area contributed by atoms with Gasteiger partial charge in [-0.15, -0.1) is 0 Å². The first-order valence-corrected chi connectivity index (χ1v) is 4.37. The molecule has 0 bridgehead atoms. The summed E-state index contributed by atoms with van der Waals surface area (Å²) in [6.45, 7) is 3.35. The van der Waals surface area contributed by atoms with E-state index in [1.165, 1.54) is 0 Å². The minimum Gasteiger partial charge on any atom is -0.505 e. The number of benzene rings is 1. The van der Waals surface area contributed by atoms with Gasteiger partial charge in [-0.05, 0) is 25.5 Å². The third-order valence-electron chi connectivity index (χ3n) is 1.91. The van der Waals surface area contributed by atoms with Crippen molar-refractivity contribution in [1.29, 1.82) is 0 Å². The predicted octanol–water partition coefficient (Wildman–Crippen LogP) is 0.986. The second kappa shape index (κ2) is 4.11. The first kappa shape index (κ1) is 10.5. The summed E-state index contributed by atoms with van der Waals surface area (Å²) in [4.78, 5) is 11.2. The number of hydrogen-bond acceptors (Lipinski definition) is 3. The summed E-state index contributed by atoms with van der Waals surface area (Å²) >= 11 is 0. The van der Waals surface area contributed by atoms with Crippen LogP contribution in [0.2, 0.25) is 0 Å². The molecule has 76 valence electrons. The van der Waals surface area contributed by atoms with E-state index in [1.54, 1.807) is 32.0 Å². The molecule has 4 heteroatoms. The Kier molecular flexibility index (Phi) is 3.09. The van der Waals surface area contributed by atoms with Crippen LogP contribution in [0.3, 0.4) is 0 Å². The molecule has 1 atom stereocenters. The van der Waals surface area contributed by atoms with Crippen molar-refractivity contribution < 1.29 is 9.90 Å². The van der Waals surface area contributed by atoms with Gasteiger partial charge in [0.05, 0.1) is 11.7 Å². The lowest BCUT2D eigenvalue weighted by Crippen LogP contribution is -2.32. The molecule has 0 aliphatic rings. The van der Waals surface area contributed by atoms with Crippen LogP contribution in [0, 0.1) is 6.92 Å². The van der Waals surface area contributed by atoms with Gasteiger partial charge in [0.15, 0.2) is 0 Å². The van der Waals surface area contributed by atoms with E-state index in [0.29, 0.717) is 11.3 Å². The van der Waals surface area contributed by atoms with Crippen molar-refractivity contribution in [2.24, 2.45) is 5.73 Å². The summed E-state index contributed by atoms with van der Waals surface area (Å²) < 4.78 is 0. The molecule has 1 amide bonds. The maximum atomic E-state index is 11.2. The number of hydrogen-bond donors (Lipinski definition) is 3. The standard InChI is InChI=1S/C10H14N2O2/c1-6-4-3-5-8(9(6)13)12-10(14)7(2)11/h3-5,7,13H,11H2,1-2H3,(H,12,14)/t7-/m0/s1. The number of para-hydroxylation sites is 1. The molecule has 0 aliphatic heterocycles. The molecule has 4 N–H and O–H groups in total. The number of nitrogens with one attached hydrogen (secondary N) is 1. The van der Waals surface area contributed by atoms with Crippen LogP contribution in [0.5, 0.6) is 5.75 Å². The Hall–Kier alpha value is -1.55. The molecule has 4 nitrogen and oxygen atoms in total. The maximum absolute atomic E-state index is 11.2. The van der Waals surface area contributed by atoms with Crippen LogP contribution in [-0.2, 0) is 4.79 Å². The van der Waals surface area contributed by atoms with Crippen molar-refractivity contribution in [2.45, 2.75) is 19.9 Å². The van der Waals surface area contributed by atoms with Crippen LogP contribution in [0.1, 0.15) is 12.5 Å². The van der Waals surface area contributed by atoms with Gasteiger partial charge in [-0.25, -0.2) is 0 Å². The van der Waals surface area contributed by atoms with E-state index in [2.05, 4.69) is 5.32 Å². The highest BCUT2D eigenvalue weighted by molar-refractivity contribution is 5.95. The van der Waals surface area contributed by atoms with Crippen molar-refractivity contribution >= 4 is 11.6 Å². The third kappa shape index (κ3) is 2.23. The van der Waals surface area contributed by atoms with Gasteiger partial charge in [0, 0.05) is 0 Å². The van der Waals surface area contributed by atoms with Gasteiger partial charge < -0.3 is 16.2 Å². The molecule has 0 saturated heterocycles. The van der Waals surface area contributed by atoms with Crippen LogP contribution in [0.25, 0.3) is 0 Å². The fourth-order valence-corrected chi connectivity index (χ4v) is 1.01. The van der Waals surface area contributed by atoms with Gasteiger partial charge in [-0.2, -0.15) is 0 Å². The molecule has 1 aromatic rings. The van der Waals surface area contributed by atoms with Gasteiger partial charge in [-0.3, -0.25) is 4.79 Å². The summed E-state index contributed by atoms with van der Waals surface area (Å²) in [5.41, 5.74) is 6.49. The molecule has 0 heterocycles. The molecular weight excluding hydrogens is 180 g/mol. The summed E-state index contributed by atoms with van der Waals surface area (Å²) in [7, 11) is 0. The number of anilines is 1. The average Bonchev–Trinajstić information content (AvgIpc) is 2.12. The lowest BCUT2D eigenvalue weighted by molar-refractivity contribution is -0.117. The number of amides is 1. The van der Waals surface area contributed by atoms with Crippen molar-refractivity contribution in [3.63, 3.8) is 0 Å². The molecule has 0 unspecified atom stereocenters. The maximum Gasteiger partial charge on any atom is 0.241 e. The quantitative estimate of drug-likeness (QED) is 0.614. The Morgan fingerprint density at radius 3 is 2.79 bits per heavy atom. The van der Waals surface area contributed by atoms with Crippen molar-refractivity contribution in [1.82, 2.24) is 0 Å². The molecule has 0 aromatic heterocycles. The minimum atomic E-state index is -0.588. The number of rotatable bonds is 2. The fourth-order valence-electron chi connectivity index (χ4n) is 1.01. The lowest BCUT2D eigenvalue weighted by atomic mass is 10.2. The molecule has 0 spiro atoms. The summed E-state index contributed by atoms with van der Waals surface area (Å²) in [6, 6.07) is 4.56. The van der Waals surface area contributed by atoms with Crippen LogP contribution < -0.4 is 11.1 Å². The molecule has 0 radical (unpaired) electrons. The summed E-state index contributed by atoms with van der Waals surface area (Å²) in [5, 5.41) is 12.1. The average molecular weight is 194 g/mol. The van der Waals surface area contributed by atoms with Crippen molar-refractivity contribution in [3.8, 4) is 5.75 Å². The zero-order valence-corrected chi connectivity index (χ0v) is 8.24. The minimum absolute atomic E-state index is 0.0847. The normalized spacial score (nSPS) is 12.2. The highest BCUT2D eigenvalue weighted by Crippen LogP contribution is 2.26. The van der Waals surface area contributed by atoms with Crippen LogP contribution in [0.4, 0.5) is 5.69 Å². The van der Waals surface area contributed by atoms with E-state index in [-0.39, 0.29) is 11.7 Å². The molecule has 0 saturated carbocycles. The van der Waals surface area contributed by atoms with Crippen LogP contribution >= 0.6 is 0 Å². The monoisotopic (exact) mass is 194 g/mol. The molecule has 1 rings (SSSR count). The highest BCUT2D eigenvalue weighted by atomic mass is 16.3. The Morgan fingerprint density at radius 1 is 1.57 bits per heavy atom. The zero-order valence-electron chi connectivity index (χ0n) is 8.24. The number of carbonyl (C=O) groups is 1. The third-order valence-corrected chi connectivity index (χ3v) is 1.91. The smallest absolute Gasteiger partial charge is 0.241 e. The second-order valence-electron chi connectivity index (χ2n) is 3.25. The Bertz CT molecular complexity index is 348. The summed E-state index contributed by atoms with van der Waals surface area (Å²) in [5.74, 6) is -0.229. The van der Waals surface area contributed by atoms with E-state index in [4.69, 9.17) is 5.73 Å². The number of carbonyl (C=O) groups excluding carboxylic acids is 1. The lowest BCUT2D eigenvalue weighted by Gasteiger charge is -2.10. The fraction of sp³-hybridized carbons (Fsp3) is 0.300. The molecule has 0 aliphatic carbocycles. The number of phenolic OH excluding ortho intramolecular Hbond substituents is 1. The summed E-state index contributed by atoms with van der Waals surface area (Å²) in [6.07, 6.45) is 0. The Labute approximate surface area is 82.7 Å². The number of aryl methyl sites for hydroxylation is 1. The van der Waals surface area contributed by atoms with E-state index in [1.807, 2.05) is 0 Å². The van der Waals surface area contributed by atoms with Gasteiger partial charge >= 0.3 is 0 Å².